The molecule has 0 aliphatic carbocycles. The molecule has 1 aliphatic rings. The predicted octanol–water partition coefficient (Wildman–Crippen LogP) is 1.45. The van der Waals surface area contributed by atoms with Crippen molar-refractivity contribution in [3.8, 4) is 5.75 Å². The van der Waals surface area contributed by atoms with Crippen molar-refractivity contribution in [3.05, 3.63) is 35.9 Å². The minimum atomic E-state index is -0.0532. The number of amides is 1. The van der Waals surface area contributed by atoms with Gasteiger partial charge in [0.2, 0.25) is 0 Å². The van der Waals surface area contributed by atoms with Gasteiger partial charge in [0, 0.05) is 44.0 Å². The third-order valence-electron chi connectivity index (χ3n) is 3.98. The molecule has 0 spiro atoms. The van der Waals surface area contributed by atoms with Crippen LogP contribution in [-0.4, -0.2) is 50.5 Å². The van der Waals surface area contributed by atoms with Crippen LogP contribution in [0.5, 0.6) is 5.75 Å². The number of likely N-dealkylation sites (tertiary alicyclic amines) is 1. The number of aromatic nitrogens is 4. The van der Waals surface area contributed by atoms with Crippen LogP contribution >= 0.6 is 0 Å². The summed E-state index contributed by atoms with van der Waals surface area (Å²) in [4.78, 5) is 18.4. The van der Waals surface area contributed by atoms with Crippen LogP contribution in [0, 0.1) is 12.8 Å². The Labute approximate surface area is 135 Å². The maximum Gasteiger partial charge on any atom is 0.276 e. The van der Waals surface area contributed by atoms with Crippen molar-refractivity contribution in [3.63, 3.8) is 0 Å². The first-order valence-electron chi connectivity index (χ1n) is 7.83. The highest BCUT2D eigenvalue weighted by molar-refractivity contribution is 5.92. The lowest BCUT2D eigenvalue weighted by Gasteiger charge is -2.32. The van der Waals surface area contributed by atoms with Crippen LogP contribution in [0.1, 0.15) is 29.0 Å². The molecule has 1 fully saturated rings. The first-order valence-corrected chi connectivity index (χ1v) is 7.83. The first kappa shape index (κ1) is 15.5. The second-order valence-electron chi connectivity index (χ2n) is 5.98. The van der Waals surface area contributed by atoms with Crippen molar-refractivity contribution in [2.24, 2.45) is 13.0 Å². The summed E-state index contributed by atoms with van der Waals surface area (Å²) in [5.74, 6) is 1.11. The van der Waals surface area contributed by atoms with E-state index in [1.807, 2.05) is 24.0 Å². The lowest BCUT2D eigenvalue weighted by atomic mass is 9.98. The van der Waals surface area contributed by atoms with Gasteiger partial charge in [0.1, 0.15) is 5.75 Å². The number of carbonyl (C=O) groups excluding carboxylic acids is 1. The average Bonchev–Trinajstić information content (AvgIpc) is 2.99. The molecule has 1 atom stereocenters. The highest BCUT2D eigenvalue weighted by Gasteiger charge is 2.26. The van der Waals surface area contributed by atoms with Gasteiger partial charge in [0.25, 0.3) is 5.91 Å². The minimum absolute atomic E-state index is 0.0532. The second kappa shape index (κ2) is 6.76. The monoisotopic (exact) mass is 315 g/mol. The summed E-state index contributed by atoms with van der Waals surface area (Å²) in [5.41, 5.74) is 1.34. The van der Waals surface area contributed by atoms with Crippen LogP contribution in [0.25, 0.3) is 0 Å². The fourth-order valence-corrected chi connectivity index (χ4v) is 2.82. The van der Waals surface area contributed by atoms with Gasteiger partial charge in [-0.15, -0.1) is 5.10 Å². The summed E-state index contributed by atoms with van der Waals surface area (Å²) in [7, 11) is 1.76. The van der Waals surface area contributed by atoms with Gasteiger partial charge in [0.05, 0.1) is 12.8 Å². The van der Waals surface area contributed by atoms with E-state index in [-0.39, 0.29) is 5.91 Å². The Morgan fingerprint density at radius 1 is 1.48 bits per heavy atom. The molecule has 1 amide bonds. The van der Waals surface area contributed by atoms with Gasteiger partial charge in [-0.1, -0.05) is 5.21 Å². The summed E-state index contributed by atoms with van der Waals surface area (Å²) < 4.78 is 7.40. The van der Waals surface area contributed by atoms with E-state index in [9.17, 15) is 4.79 Å². The molecule has 0 N–H and O–H groups in total. The van der Waals surface area contributed by atoms with Crippen molar-refractivity contribution >= 4 is 5.91 Å². The molecule has 1 aliphatic heterocycles. The molecule has 1 unspecified atom stereocenters. The third kappa shape index (κ3) is 3.85. The third-order valence-corrected chi connectivity index (χ3v) is 3.98. The average molecular weight is 315 g/mol. The number of hydrogen-bond donors (Lipinski definition) is 0. The Hall–Kier alpha value is -2.44. The molecule has 0 aromatic carbocycles. The largest absolute Gasteiger partial charge is 0.493 e. The summed E-state index contributed by atoms with van der Waals surface area (Å²) in [6.45, 7) is 4.00. The molecular weight excluding hydrogens is 294 g/mol. The molecule has 122 valence electrons. The maximum absolute atomic E-state index is 12.4. The van der Waals surface area contributed by atoms with E-state index in [2.05, 4.69) is 15.3 Å². The lowest BCUT2D eigenvalue weighted by Crippen LogP contribution is -2.41. The number of rotatable bonds is 4. The molecule has 2 aromatic heterocycles. The molecule has 7 nitrogen and oxygen atoms in total. The summed E-state index contributed by atoms with van der Waals surface area (Å²) in [5, 5.41) is 7.73. The molecule has 23 heavy (non-hydrogen) atoms. The number of ether oxygens (including phenoxy) is 1. The first-order chi connectivity index (χ1) is 11.1. The standard InChI is InChI=1S/C16H21N5O2/c1-12-8-14(5-6-17-12)23-11-13-4-3-7-21(9-13)16(22)15-10-20(2)19-18-15/h5-6,8,10,13H,3-4,7,9,11H2,1-2H3. The Balaban J connectivity index is 1.56. The quantitative estimate of drug-likeness (QED) is 0.854. The summed E-state index contributed by atoms with van der Waals surface area (Å²) in [6.07, 6.45) is 5.45. The highest BCUT2D eigenvalue weighted by atomic mass is 16.5. The molecule has 0 bridgehead atoms. The zero-order valence-electron chi connectivity index (χ0n) is 13.5. The van der Waals surface area contributed by atoms with E-state index in [1.165, 1.54) is 0 Å². The van der Waals surface area contributed by atoms with E-state index in [0.29, 0.717) is 24.8 Å². The zero-order valence-corrected chi connectivity index (χ0v) is 13.5. The van der Waals surface area contributed by atoms with E-state index in [0.717, 1.165) is 30.8 Å². The van der Waals surface area contributed by atoms with Gasteiger partial charge < -0.3 is 9.64 Å². The van der Waals surface area contributed by atoms with Crippen LogP contribution in [0.3, 0.4) is 0 Å². The molecule has 3 heterocycles. The van der Waals surface area contributed by atoms with Crippen molar-refractivity contribution in [1.29, 1.82) is 0 Å². The number of aryl methyl sites for hydroxylation is 2. The van der Waals surface area contributed by atoms with Gasteiger partial charge in [-0.25, -0.2) is 0 Å². The predicted molar refractivity (Wildman–Crippen MR) is 84.1 cm³/mol. The van der Waals surface area contributed by atoms with Gasteiger partial charge in [0.15, 0.2) is 5.69 Å². The lowest BCUT2D eigenvalue weighted by molar-refractivity contribution is 0.0627. The molecule has 0 saturated carbocycles. The second-order valence-corrected chi connectivity index (χ2v) is 5.98. The number of pyridine rings is 1. The fraction of sp³-hybridized carbons (Fsp3) is 0.500. The van der Waals surface area contributed by atoms with Crippen molar-refractivity contribution in [2.45, 2.75) is 19.8 Å². The van der Waals surface area contributed by atoms with Crippen molar-refractivity contribution in [1.82, 2.24) is 24.9 Å². The van der Waals surface area contributed by atoms with Gasteiger partial charge >= 0.3 is 0 Å². The topological polar surface area (TPSA) is 73.1 Å². The Bertz CT molecular complexity index is 685. The molecular formula is C16H21N5O2. The van der Waals surface area contributed by atoms with Crippen LogP contribution in [0.2, 0.25) is 0 Å². The SMILES string of the molecule is Cc1cc(OCC2CCCN(C(=O)c3cn(C)nn3)C2)ccn1. The Morgan fingerprint density at radius 3 is 3.09 bits per heavy atom. The van der Waals surface area contributed by atoms with E-state index >= 15 is 0 Å². The number of carbonyl (C=O) groups is 1. The molecule has 2 aromatic rings. The summed E-state index contributed by atoms with van der Waals surface area (Å²) in [6, 6.07) is 3.78. The molecule has 1 saturated heterocycles. The van der Waals surface area contributed by atoms with Crippen molar-refractivity contribution in [2.75, 3.05) is 19.7 Å². The van der Waals surface area contributed by atoms with Crippen LogP contribution in [-0.2, 0) is 7.05 Å². The zero-order chi connectivity index (χ0) is 16.2. The minimum Gasteiger partial charge on any atom is -0.493 e. The molecule has 7 heteroatoms. The highest BCUT2D eigenvalue weighted by Crippen LogP contribution is 2.20. The van der Waals surface area contributed by atoms with Crippen LogP contribution in [0.15, 0.2) is 24.5 Å². The summed E-state index contributed by atoms with van der Waals surface area (Å²) >= 11 is 0. The van der Waals surface area contributed by atoms with Crippen LogP contribution in [0.4, 0.5) is 0 Å². The number of hydrogen-bond acceptors (Lipinski definition) is 5. The van der Waals surface area contributed by atoms with E-state index in [1.54, 1.807) is 24.1 Å². The number of piperidine rings is 1. The van der Waals surface area contributed by atoms with E-state index in [4.69, 9.17) is 4.74 Å². The number of nitrogens with zero attached hydrogens (tertiary/aromatic N) is 5. The Kier molecular flexibility index (Phi) is 4.55. The maximum atomic E-state index is 12.4. The normalized spacial score (nSPS) is 18.0. The van der Waals surface area contributed by atoms with Gasteiger partial charge in [-0.2, -0.15) is 0 Å². The molecule has 3 rings (SSSR count). The fourth-order valence-electron chi connectivity index (χ4n) is 2.82. The van der Waals surface area contributed by atoms with E-state index < -0.39 is 0 Å². The Morgan fingerprint density at radius 2 is 2.35 bits per heavy atom. The molecule has 0 radical (unpaired) electrons. The smallest absolute Gasteiger partial charge is 0.276 e. The van der Waals surface area contributed by atoms with Gasteiger partial charge in [-0.05, 0) is 25.8 Å². The van der Waals surface area contributed by atoms with Crippen molar-refractivity contribution < 1.29 is 9.53 Å². The van der Waals surface area contributed by atoms with Gasteiger partial charge in [-0.3, -0.25) is 14.5 Å². The van der Waals surface area contributed by atoms with Crippen LogP contribution < -0.4 is 4.74 Å².